The molecule has 0 bridgehead atoms. The minimum Gasteiger partial charge on any atom is -0.379 e. The van der Waals surface area contributed by atoms with Crippen molar-refractivity contribution in [3.05, 3.63) is 59.3 Å². The molecule has 1 aromatic heterocycles. The number of anilines is 1. The summed E-state index contributed by atoms with van der Waals surface area (Å²) in [5.74, 6) is 1.75. The highest BCUT2D eigenvalue weighted by molar-refractivity contribution is 14.0. The van der Waals surface area contributed by atoms with Crippen LogP contribution in [0.2, 0.25) is 0 Å². The Hall–Kier alpha value is -1.91. The Balaban J connectivity index is 0.00000341. The molecule has 2 heterocycles. The fourth-order valence-electron chi connectivity index (χ4n) is 3.36. The molecule has 1 aliphatic heterocycles. The summed E-state index contributed by atoms with van der Waals surface area (Å²) in [6.07, 6.45) is 0. The summed E-state index contributed by atoms with van der Waals surface area (Å²) in [6, 6.07) is 14.6. The van der Waals surface area contributed by atoms with Crippen LogP contribution >= 0.6 is 24.0 Å². The maximum Gasteiger partial charge on any atom is 0.191 e. The van der Waals surface area contributed by atoms with Crippen LogP contribution in [0.25, 0.3) is 0 Å². The molecule has 0 radical (unpaired) electrons. The standard InChI is InChI=1S/C23H34N6O.HI/c1-4-24-23(26-17-21-10-7-11-22(27-21)28(2)3)25-16-19-8-5-6-9-20(19)18-29-12-14-30-15-13-29;/h5-11H,4,12-18H2,1-3H3,(H2,24,25,26);1H. The van der Waals surface area contributed by atoms with Crippen molar-refractivity contribution < 1.29 is 4.74 Å². The highest BCUT2D eigenvalue weighted by Crippen LogP contribution is 2.14. The fourth-order valence-corrected chi connectivity index (χ4v) is 3.36. The van der Waals surface area contributed by atoms with Gasteiger partial charge in [0.25, 0.3) is 0 Å². The molecule has 1 saturated heterocycles. The van der Waals surface area contributed by atoms with E-state index >= 15 is 0 Å². The lowest BCUT2D eigenvalue weighted by molar-refractivity contribution is 0.0341. The summed E-state index contributed by atoms with van der Waals surface area (Å²) >= 11 is 0. The zero-order valence-corrected chi connectivity index (χ0v) is 21.1. The largest absolute Gasteiger partial charge is 0.379 e. The van der Waals surface area contributed by atoms with Crippen LogP contribution in [0.4, 0.5) is 5.82 Å². The summed E-state index contributed by atoms with van der Waals surface area (Å²) in [5.41, 5.74) is 3.58. The minimum absolute atomic E-state index is 0. The van der Waals surface area contributed by atoms with Crippen LogP contribution in [0.15, 0.2) is 47.5 Å². The molecule has 0 unspecified atom stereocenters. The summed E-state index contributed by atoms with van der Waals surface area (Å²) < 4.78 is 5.47. The summed E-state index contributed by atoms with van der Waals surface area (Å²) in [5, 5.41) is 6.74. The SMILES string of the molecule is CCNC(=NCc1ccccc1CN1CCOCC1)NCc1cccc(N(C)C)n1.I. The van der Waals surface area contributed by atoms with Gasteiger partial charge in [-0.05, 0) is 30.2 Å². The van der Waals surface area contributed by atoms with Crippen LogP contribution < -0.4 is 15.5 Å². The van der Waals surface area contributed by atoms with Gasteiger partial charge in [-0.2, -0.15) is 0 Å². The molecule has 170 valence electrons. The van der Waals surface area contributed by atoms with Crippen molar-refractivity contribution in [2.75, 3.05) is 51.8 Å². The van der Waals surface area contributed by atoms with E-state index in [0.717, 1.165) is 56.9 Å². The second-order valence-electron chi connectivity index (χ2n) is 7.59. The Kier molecular flexibility index (Phi) is 11.0. The molecule has 1 fully saturated rings. The number of guanidine groups is 1. The van der Waals surface area contributed by atoms with Gasteiger partial charge in [0.1, 0.15) is 5.82 Å². The Morgan fingerprint density at radius 1 is 1.06 bits per heavy atom. The van der Waals surface area contributed by atoms with E-state index in [4.69, 9.17) is 9.73 Å². The smallest absolute Gasteiger partial charge is 0.191 e. The first-order valence-corrected chi connectivity index (χ1v) is 10.7. The van der Waals surface area contributed by atoms with Gasteiger partial charge >= 0.3 is 0 Å². The summed E-state index contributed by atoms with van der Waals surface area (Å²) in [6.45, 7) is 8.71. The quantitative estimate of drug-likeness (QED) is 0.306. The number of hydrogen-bond acceptors (Lipinski definition) is 5. The maximum absolute atomic E-state index is 5.47. The molecule has 1 aliphatic rings. The van der Waals surface area contributed by atoms with Crippen LogP contribution in [0.3, 0.4) is 0 Å². The van der Waals surface area contributed by atoms with E-state index in [0.29, 0.717) is 13.1 Å². The number of hydrogen-bond donors (Lipinski definition) is 2. The third-order valence-corrected chi connectivity index (χ3v) is 5.05. The lowest BCUT2D eigenvalue weighted by atomic mass is 10.1. The topological polar surface area (TPSA) is 65.0 Å². The molecule has 0 amide bonds. The van der Waals surface area contributed by atoms with Crippen LogP contribution in [-0.2, 0) is 24.4 Å². The van der Waals surface area contributed by atoms with Crippen molar-refractivity contribution in [3.63, 3.8) is 0 Å². The molecule has 0 spiro atoms. The van der Waals surface area contributed by atoms with Crippen molar-refractivity contribution in [1.82, 2.24) is 20.5 Å². The molecule has 0 atom stereocenters. The van der Waals surface area contributed by atoms with Gasteiger partial charge in [-0.3, -0.25) is 4.90 Å². The van der Waals surface area contributed by atoms with Gasteiger partial charge in [0.05, 0.1) is 32.0 Å². The van der Waals surface area contributed by atoms with Crippen LogP contribution in [0.1, 0.15) is 23.7 Å². The van der Waals surface area contributed by atoms with E-state index in [1.807, 2.05) is 37.2 Å². The number of nitrogens with zero attached hydrogens (tertiary/aromatic N) is 4. The van der Waals surface area contributed by atoms with Crippen LogP contribution in [-0.4, -0.2) is 62.8 Å². The first-order valence-electron chi connectivity index (χ1n) is 10.7. The molecule has 3 rings (SSSR count). The molecule has 2 N–H and O–H groups in total. The number of rotatable bonds is 8. The van der Waals surface area contributed by atoms with Gasteiger partial charge in [-0.15, -0.1) is 24.0 Å². The summed E-state index contributed by atoms with van der Waals surface area (Å²) in [7, 11) is 4.00. The third-order valence-electron chi connectivity index (χ3n) is 5.05. The Morgan fingerprint density at radius 3 is 2.52 bits per heavy atom. The average molecular weight is 538 g/mol. The lowest BCUT2D eigenvalue weighted by Crippen LogP contribution is -2.37. The van der Waals surface area contributed by atoms with Crippen molar-refractivity contribution in [3.8, 4) is 0 Å². The average Bonchev–Trinajstić information content (AvgIpc) is 2.77. The molecule has 31 heavy (non-hydrogen) atoms. The molecular formula is C23H35IN6O. The fraction of sp³-hybridized carbons (Fsp3) is 0.478. The highest BCUT2D eigenvalue weighted by Gasteiger charge is 2.12. The van der Waals surface area contributed by atoms with Crippen molar-refractivity contribution in [1.29, 1.82) is 0 Å². The maximum atomic E-state index is 5.47. The number of aliphatic imine (C=N–C) groups is 1. The minimum atomic E-state index is 0. The highest BCUT2D eigenvalue weighted by atomic mass is 127. The third kappa shape index (κ3) is 8.27. The van der Waals surface area contributed by atoms with Crippen molar-refractivity contribution in [2.24, 2.45) is 4.99 Å². The number of nitrogens with one attached hydrogen (secondary N) is 2. The predicted molar refractivity (Wildman–Crippen MR) is 138 cm³/mol. The first kappa shape index (κ1) is 25.4. The normalized spacial score (nSPS) is 14.6. The summed E-state index contributed by atoms with van der Waals surface area (Å²) in [4.78, 5) is 13.9. The zero-order chi connectivity index (χ0) is 21.2. The van der Waals surface area contributed by atoms with Gasteiger partial charge in [0, 0.05) is 40.3 Å². The lowest BCUT2D eigenvalue weighted by Gasteiger charge is -2.27. The van der Waals surface area contributed by atoms with Gasteiger partial charge in [-0.1, -0.05) is 30.3 Å². The number of benzene rings is 1. The number of morpholine rings is 1. The zero-order valence-electron chi connectivity index (χ0n) is 18.8. The molecule has 2 aromatic rings. The van der Waals surface area contributed by atoms with Gasteiger partial charge in [0.2, 0.25) is 0 Å². The number of ether oxygens (including phenoxy) is 1. The molecule has 0 saturated carbocycles. The number of aromatic nitrogens is 1. The van der Waals surface area contributed by atoms with E-state index in [-0.39, 0.29) is 24.0 Å². The second-order valence-corrected chi connectivity index (χ2v) is 7.59. The van der Waals surface area contributed by atoms with Gasteiger partial charge in [-0.25, -0.2) is 9.98 Å². The second kappa shape index (κ2) is 13.5. The Bertz CT molecular complexity index is 823. The Labute approximate surface area is 203 Å². The first-order chi connectivity index (χ1) is 14.7. The van der Waals surface area contributed by atoms with Gasteiger partial charge < -0.3 is 20.3 Å². The van der Waals surface area contributed by atoms with E-state index < -0.39 is 0 Å². The predicted octanol–water partition coefficient (Wildman–Crippen LogP) is 2.85. The van der Waals surface area contributed by atoms with E-state index in [2.05, 4.69) is 51.7 Å². The van der Waals surface area contributed by atoms with Crippen LogP contribution in [0, 0.1) is 0 Å². The van der Waals surface area contributed by atoms with E-state index in [1.54, 1.807) is 0 Å². The van der Waals surface area contributed by atoms with Crippen molar-refractivity contribution >= 4 is 35.8 Å². The molecule has 1 aromatic carbocycles. The molecule has 0 aliphatic carbocycles. The molecule has 7 nitrogen and oxygen atoms in total. The Morgan fingerprint density at radius 2 is 1.81 bits per heavy atom. The number of halogens is 1. The van der Waals surface area contributed by atoms with Crippen molar-refractivity contribution in [2.45, 2.75) is 26.6 Å². The number of pyridine rings is 1. The molecule has 8 heteroatoms. The molecular weight excluding hydrogens is 503 g/mol. The van der Waals surface area contributed by atoms with Gasteiger partial charge in [0.15, 0.2) is 5.96 Å². The van der Waals surface area contributed by atoms with E-state index in [9.17, 15) is 0 Å². The van der Waals surface area contributed by atoms with E-state index in [1.165, 1.54) is 11.1 Å². The monoisotopic (exact) mass is 538 g/mol. The van der Waals surface area contributed by atoms with Crippen LogP contribution in [0.5, 0.6) is 0 Å².